The van der Waals surface area contributed by atoms with Crippen molar-refractivity contribution in [2.24, 2.45) is 0 Å². The van der Waals surface area contributed by atoms with Gasteiger partial charge in [0, 0.05) is 58.8 Å². The number of thiophene rings is 1. The molecule has 0 bridgehead atoms. The number of pyridine rings is 1. The zero-order valence-corrected chi connectivity index (χ0v) is 21.7. The second kappa shape index (κ2) is 9.58. The van der Waals surface area contributed by atoms with E-state index in [9.17, 15) is 9.90 Å². The fourth-order valence-electron chi connectivity index (χ4n) is 5.01. The number of alkyl carbamates (subject to hydrolysis) is 1. The van der Waals surface area contributed by atoms with Gasteiger partial charge in [0.25, 0.3) is 0 Å². The first-order valence-electron chi connectivity index (χ1n) is 11.9. The summed E-state index contributed by atoms with van der Waals surface area (Å²) in [4.78, 5) is 20.1. The minimum atomic E-state index is -0.524. The molecule has 1 saturated heterocycles. The molecule has 0 radical (unpaired) electrons. The largest absolute Gasteiger partial charge is 0.493 e. The highest BCUT2D eigenvalue weighted by Crippen LogP contribution is 2.47. The highest BCUT2D eigenvalue weighted by atomic mass is 35.5. The van der Waals surface area contributed by atoms with E-state index >= 15 is 0 Å². The number of fused-ring (bicyclic) bond motifs is 2. The summed E-state index contributed by atoms with van der Waals surface area (Å²) < 4.78 is 12.6. The lowest BCUT2D eigenvalue weighted by Gasteiger charge is -2.35. The zero-order valence-electron chi connectivity index (χ0n) is 20.1. The molecule has 0 saturated carbocycles. The highest BCUT2D eigenvalue weighted by molar-refractivity contribution is 7.19. The Labute approximate surface area is 214 Å². The van der Waals surface area contributed by atoms with Gasteiger partial charge in [0.15, 0.2) is 0 Å². The number of aliphatic hydroxyl groups excluding tert-OH is 1. The van der Waals surface area contributed by atoms with Crippen LogP contribution in [0.2, 0.25) is 5.02 Å². The number of nitrogens with one attached hydrogen (secondary N) is 1. The lowest BCUT2D eigenvalue weighted by atomic mass is 9.90. The van der Waals surface area contributed by atoms with Gasteiger partial charge in [-0.1, -0.05) is 11.6 Å². The number of aromatic nitrogens is 1. The molecule has 1 fully saturated rings. The summed E-state index contributed by atoms with van der Waals surface area (Å²) in [7, 11) is 0. The van der Waals surface area contributed by atoms with Gasteiger partial charge in [0.05, 0.1) is 23.4 Å². The number of hydrogen-bond donors (Lipinski definition) is 2. The Morgan fingerprint density at radius 2 is 2.14 bits per heavy atom. The molecule has 2 aromatic heterocycles. The number of benzene rings is 1. The molecular formula is C26H30ClN3O4S. The summed E-state index contributed by atoms with van der Waals surface area (Å²) in [6.07, 6.45) is 3.13. The Kier molecular flexibility index (Phi) is 6.65. The van der Waals surface area contributed by atoms with Gasteiger partial charge in [-0.15, -0.1) is 11.3 Å². The maximum Gasteiger partial charge on any atom is 0.407 e. The average molecular weight is 516 g/mol. The van der Waals surface area contributed by atoms with E-state index in [1.54, 1.807) is 17.5 Å². The van der Waals surface area contributed by atoms with Crippen molar-refractivity contribution in [3.05, 3.63) is 45.9 Å². The molecule has 3 aromatic rings. The third kappa shape index (κ3) is 5.11. The minimum absolute atomic E-state index is 0.0142. The van der Waals surface area contributed by atoms with E-state index in [1.165, 1.54) is 0 Å². The van der Waals surface area contributed by atoms with Crippen molar-refractivity contribution in [3.63, 3.8) is 0 Å². The molecule has 2 N–H and O–H groups in total. The highest BCUT2D eigenvalue weighted by Gasteiger charge is 2.36. The quantitative estimate of drug-likeness (QED) is 0.475. The Balaban J connectivity index is 1.47. The number of hydrogen-bond acceptors (Lipinski definition) is 7. The number of halogens is 1. The van der Waals surface area contributed by atoms with Crippen LogP contribution in [0.25, 0.3) is 21.3 Å². The van der Waals surface area contributed by atoms with Crippen molar-refractivity contribution in [3.8, 4) is 16.9 Å². The molecule has 1 aromatic carbocycles. The first-order valence-corrected chi connectivity index (χ1v) is 13.1. The van der Waals surface area contributed by atoms with E-state index in [4.69, 9.17) is 21.1 Å². The predicted octanol–water partition coefficient (Wildman–Crippen LogP) is 5.53. The number of carbonyl (C=O) groups is 1. The second-order valence-electron chi connectivity index (χ2n) is 10.1. The molecule has 2 aliphatic heterocycles. The fourth-order valence-corrected chi connectivity index (χ4v) is 6.22. The maximum absolute atomic E-state index is 12.3. The van der Waals surface area contributed by atoms with Crippen LogP contribution in [0.1, 0.15) is 50.1 Å². The molecule has 0 aliphatic carbocycles. The summed E-state index contributed by atoms with van der Waals surface area (Å²) in [5.74, 6) is 0.802. The summed E-state index contributed by atoms with van der Waals surface area (Å²) in [6, 6.07) is 8.00. The third-order valence-electron chi connectivity index (χ3n) is 6.38. The molecule has 0 unspecified atom stereocenters. The van der Waals surface area contributed by atoms with Crippen molar-refractivity contribution in [2.75, 3.05) is 19.7 Å². The van der Waals surface area contributed by atoms with Crippen LogP contribution in [-0.4, -0.2) is 52.4 Å². The van der Waals surface area contributed by atoms with Gasteiger partial charge in [-0.2, -0.15) is 0 Å². The fraction of sp³-hybridized carbons (Fsp3) is 0.462. The van der Waals surface area contributed by atoms with Crippen LogP contribution in [0, 0.1) is 0 Å². The van der Waals surface area contributed by atoms with Gasteiger partial charge in [0.2, 0.25) is 0 Å². The number of ether oxygens (including phenoxy) is 2. The lowest BCUT2D eigenvalue weighted by molar-refractivity contribution is 0.0503. The van der Waals surface area contributed by atoms with Crippen molar-refractivity contribution in [2.45, 2.75) is 57.9 Å². The molecule has 4 heterocycles. The molecule has 7 nitrogen and oxygen atoms in total. The number of carbonyl (C=O) groups excluding carboxylic acids is 1. The number of nitrogens with zero attached hydrogens (tertiary/aromatic N) is 2. The molecule has 2 aliphatic rings. The van der Waals surface area contributed by atoms with Crippen LogP contribution in [0.15, 0.2) is 30.5 Å². The second-order valence-corrected chi connectivity index (χ2v) is 11.7. The summed E-state index contributed by atoms with van der Waals surface area (Å²) in [5.41, 5.74) is 3.52. The number of aliphatic hydroxyl groups is 1. The topological polar surface area (TPSA) is 83.9 Å². The van der Waals surface area contributed by atoms with Gasteiger partial charge in [-0.05, 0) is 57.0 Å². The van der Waals surface area contributed by atoms with Crippen molar-refractivity contribution >= 4 is 39.2 Å². The van der Waals surface area contributed by atoms with E-state index in [2.05, 4.69) is 15.2 Å². The van der Waals surface area contributed by atoms with E-state index in [0.717, 1.165) is 63.5 Å². The average Bonchev–Trinajstić information content (AvgIpc) is 3.43. The minimum Gasteiger partial charge on any atom is -0.493 e. The van der Waals surface area contributed by atoms with Crippen LogP contribution in [0.3, 0.4) is 0 Å². The molecule has 35 heavy (non-hydrogen) atoms. The monoisotopic (exact) mass is 515 g/mol. The van der Waals surface area contributed by atoms with Crippen LogP contribution in [-0.2, 0) is 11.3 Å². The van der Waals surface area contributed by atoms with Crippen molar-refractivity contribution in [1.29, 1.82) is 0 Å². The van der Waals surface area contributed by atoms with Crippen molar-refractivity contribution < 1.29 is 19.4 Å². The molecule has 1 amide bonds. The van der Waals surface area contributed by atoms with Gasteiger partial charge >= 0.3 is 6.09 Å². The number of rotatable bonds is 4. The first kappa shape index (κ1) is 24.3. The third-order valence-corrected chi connectivity index (χ3v) is 7.74. The molecule has 5 rings (SSSR count). The Hall–Kier alpha value is -2.39. The van der Waals surface area contributed by atoms with Crippen molar-refractivity contribution in [1.82, 2.24) is 15.2 Å². The standard InChI is InChI=1S/C26H30ClN3O4S/c1-26(2,3)34-25(32)29-16-5-8-30(13-16)21-6-9-33-22-11-15(27)10-19(23(21)22)18-4-7-28-20-12-17(14-31)35-24(18)20/h4,7,10-12,16,21,31H,5-6,8-9,13-14H2,1-3H3,(H,29,32)/t16-,21+/m1/s1. The van der Waals surface area contributed by atoms with Crippen LogP contribution >= 0.6 is 22.9 Å². The Morgan fingerprint density at radius 3 is 2.91 bits per heavy atom. The van der Waals surface area contributed by atoms with Crippen LogP contribution < -0.4 is 10.1 Å². The molecular weight excluding hydrogens is 486 g/mol. The smallest absolute Gasteiger partial charge is 0.407 e. The number of likely N-dealkylation sites (tertiary alicyclic amines) is 1. The van der Waals surface area contributed by atoms with Crippen LogP contribution in [0.5, 0.6) is 5.75 Å². The normalized spacial score (nSPS) is 20.5. The Morgan fingerprint density at radius 1 is 1.31 bits per heavy atom. The van der Waals surface area contributed by atoms with Crippen LogP contribution in [0.4, 0.5) is 4.79 Å². The predicted molar refractivity (Wildman–Crippen MR) is 138 cm³/mol. The lowest BCUT2D eigenvalue weighted by Crippen LogP contribution is -2.41. The van der Waals surface area contributed by atoms with Gasteiger partial charge < -0.3 is 19.9 Å². The van der Waals surface area contributed by atoms with E-state index < -0.39 is 5.60 Å². The van der Waals surface area contributed by atoms with E-state index in [-0.39, 0.29) is 24.8 Å². The first-order chi connectivity index (χ1) is 16.7. The van der Waals surface area contributed by atoms with Gasteiger partial charge in [-0.3, -0.25) is 9.88 Å². The molecule has 2 atom stereocenters. The Bertz CT molecular complexity index is 1260. The zero-order chi connectivity index (χ0) is 24.7. The molecule has 9 heteroatoms. The number of amides is 1. The van der Waals surface area contributed by atoms with Gasteiger partial charge in [0.1, 0.15) is 11.4 Å². The molecule has 0 spiro atoms. The summed E-state index contributed by atoms with van der Waals surface area (Å²) in [6.45, 7) is 7.80. The SMILES string of the molecule is CC(C)(C)OC(=O)N[C@@H]1CCN([C@H]2CCOc3cc(Cl)cc(-c4ccnc5cc(CO)sc45)c32)C1. The van der Waals surface area contributed by atoms with Gasteiger partial charge in [-0.25, -0.2) is 4.79 Å². The van der Waals surface area contributed by atoms with E-state index in [0.29, 0.717) is 11.6 Å². The maximum atomic E-state index is 12.3. The summed E-state index contributed by atoms with van der Waals surface area (Å²) in [5, 5.41) is 13.3. The molecule has 186 valence electrons. The summed E-state index contributed by atoms with van der Waals surface area (Å²) >= 11 is 8.10. The van der Waals surface area contributed by atoms with E-state index in [1.807, 2.05) is 45.0 Å².